The lowest BCUT2D eigenvalue weighted by Gasteiger charge is -2.26. The third-order valence-electron chi connectivity index (χ3n) is 6.65. The average Bonchev–Trinajstić information content (AvgIpc) is 3.57. The third kappa shape index (κ3) is 6.10. The van der Waals surface area contributed by atoms with Crippen LogP contribution in [0.4, 0.5) is 0 Å². The highest BCUT2D eigenvalue weighted by atomic mass is 32.1. The normalized spacial score (nSPS) is 14.8. The fourth-order valence-corrected chi connectivity index (χ4v) is 5.91. The molecule has 4 aromatic rings. The van der Waals surface area contributed by atoms with E-state index in [1.165, 1.54) is 15.9 Å². The van der Waals surface area contributed by atoms with Crippen molar-refractivity contribution in [2.75, 3.05) is 13.2 Å². The van der Waals surface area contributed by atoms with Gasteiger partial charge in [-0.15, -0.1) is 0 Å². The van der Waals surface area contributed by atoms with E-state index >= 15 is 0 Å². The summed E-state index contributed by atoms with van der Waals surface area (Å²) >= 11 is 1.20. The number of nitrogens with zero attached hydrogens (tertiary/aromatic N) is 2. The number of hydrogen-bond acceptors (Lipinski definition) is 9. The number of esters is 2. The van der Waals surface area contributed by atoms with E-state index < -0.39 is 18.0 Å². The fourth-order valence-electron chi connectivity index (χ4n) is 4.88. The summed E-state index contributed by atoms with van der Waals surface area (Å²) in [5.74, 6) is 0.591. The van der Waals surface area contributed by atoms with E-state index in [2.05, 4.69) is 4.99 Å². The Hall–Kier alpha value is -4.70. The number of rotatable bonds is 9. The molecule has 0 fully saturated rings. The number of thiazole rings is 1. The summed E-state index contributed by atoms with van der Waals surface area (Å²) in [5.41, 5.74) is 2.19. The molecule has 5 rings (SSSR count). The van der Waals surface area contributed by atoms with Crippen LogP contribution in [0, 0.1) is 0 Å². The van der Waals surface area contributed by atoms with Crippen molar-refractivity contribution in [2.45, 2.75) is 46.8 Å². The minimum absolute atomic E-state index is 0.126. The van der Waals surface area contributed by atoms with Crippen molar-refractivity contribution in [1.29, 1.82) is 0 Å². The third-order valence-corrected chi connectivity index (χ3v) is 7.63. The molecule has 10 heteroatoms. The first-order valence-corrected chi connectivity index (χ1v) is 14.9. The van der Waals surface area contributed by atoms with Gasteiger partial charge >= 0.3 is 11.9 Å². The van der Waals surface area contributed by atoms with Crippen molar-refractivity contribution in [2.24, 2.45) is 4.99 Å². The molecule has 0 N–H and O–H groups in total. The highest BCUT2D eigenvalue weighted by Crippen LogP contribution is 2.36. The average molecular weight is 601 g/mol. The molecule has 0 radical (unpaired) electrons. The standard InChI is InChI=1S/C33H32N2O7S/c1-6-39-31(37)22-12-10-11-21(17-22)25-16-15-23(42-25)18-27-30(36)35-29(24-13-8-9-14-26(24)41-19(3)4)28(32(38)40-7-2)20(5)34-33(35)43-27/h8-19,29H,6-7H2,1-5H3/b27-18-/t29-/m1/s1. The molecule has 3 heterocycles. The molecule has 222 valence electrons. The molecule has 0 unspecified atom stereocenters. The van der Waals surface area contributed by atoms with E-state index in [0.29, 0.717) is 49.0 Å². The quantitative estimate of drug-likeness (QED) is 0.248. The van der Waals surface area contributed by atoms with Gasteiger partial charge in [0.05, 0.1) is 40.7 Å². The lowest BCUT2D eigenvalue weighted by molar-refractivity contribution is -0.139. The SMILES string of the molecule is CCOC(=O)C1=C(C)N=c2s/c(=C\c3ccc(-c4cccc(C(=O)OCC)c4)o3)c(=O)n2[C@@H]1c1ccccc1OC(C)C. The molecule has 2 aromatic carbocycles. The van der Waals surface area contributed by atoms with Gasteiger partial charge in [-0.25, -0.2) is 14.6 Å². The molecule has 1 aliphatic heterocycles. The first-order chi connectivity index (χ1) is 20.7. The number of carbonyl (C=O) groups is 2. The minimum atomic E-state index is -0.801. The minimum Gasteiger partial charge on any atom is -0.491 e. The van der Waals surface area contributed by atoms with Crippen LogP contribution < -0.4 is 19.6 Å². The van der Waals surface area contributed by atoms with Gasteiger partial charge < -0.3 is 18.6 Å². The van der Waals surface area contributed by atoms with Crippen LogP contribution in [0.1, 0.15) is 62.3 Å². The largest absolute Gasteiger partial charge is 0.491 e. The first kappa shape index (κ1) is 29.8. The number of furan rings is 1. The molecule has 9 nitrogen and oxygen atoms in total. The molecule has 0 amide bonds. The number of benzene rings is 2. The molecular weight excluding hydrogens is 568 g/mol. The van der Waals surface area contributed by atoms with Crippen LogP contribution in [-0.2, 0) is 14.3 Å². The van der Waals surface area contributed by atoms with E-state index in [9.17, 15) is 14.4 Å². The molecule has 0 spiro atoms. The topological polar surface area (TPSA) is 109 Å². The predicted octanol–water partition coefficient (Wildman–Crippen LogP) is 5.02. The predicted molar refractivity (Wildman–Crippen MR) is 163 cm³/mol. The Morgan fingerprint density at radius 3 is 2.51 bits per heavy atom. The summed E-state index contributed by atoms with van der Waals surface area (Å²) in [5, 5.41) is 0. The molecular formula is C33H32N2O7S. The zero-order valence-electron chi connectivity index (χ0n) is 24.6. The van der Waals surface area contributed by atoms with Gasteiger partial charge in [-0.2, -0.15) is 0 Å². The van der Waals surface area contributed by atoms with Gasteiger partial charge in [0.15, 0.2) is 4.80 Å². The summed E-state index contributed by atoms with van der Waals surface area (Å²) in [4.78, 5) is 44.5. The van der Waals surface area contributed by atoms with Crippen molar-refractivity contribution in [3.63, 3.8) is 0 Å². The van der Waals surface area contributed by atoms with Crippen LogP contribution in [0.15, 0.2) is 86.1 Å². The summed E-state index contributed by atoms with van der Waals surface area (Å²) in [7, 11) is 0. The van der Waals surface area contributed by atoms with Gasteiger partial charge in [0.1, 0.15) is 23.3 Å². The van der Waals surface area contributed by atoms with Crippen LogP contribution in [0.2, 0.25) is 0 Å². The number of fused-ring (bicyclic) bond motifs is 1. The van der Waals surface area contributed by atoms with Crippen molar-refractivity contribution in [3.8, 4) is 17.1 Å². The van der Waals surface area contributed by atoms with Crippen LogP contribution in [0.25, 0.3) is 17.4 Å². The number of hydrogen-bond donors (Lipinski definition) is 0. The monoisotopic (exact) mass is 600 g/mol. The van der Waals surface area contributed by atoms with Crippen molar-refractivity contribution < 1.29 is 28.2 Å². The van der Waals surface area contributed by atoms with Gasteiger partial charge in [0.2, 0.25) is 0 Å². The van der Waals surface area contributed by atoms with E-state index in [-0.39, 0.29) is 30.5 Å². The van der Waals surface area contributed by atoms with Gasteiger partial charge in [0.25, 0.3) is 5.56 Å². The lowest BCUT2D eigenvalue weighted by Crippen LogP contribution is -2.40. The summed E-state index contributed by atoms with van der Waals surface area (Å²) < 4.78 is 24.6. The van der Waals surface area contributed by atoms with E-state index in [1.54, 1.807) is 57.2 Å². The van der Waals surface area contributed by atoms with Gasteiger partial charge in [-0.3, -0.25) is 9.36 Å². The Morgan fingerprint density at radius 2 is 1.77 bits per heavy atom. The van der Waals surface area contributed by atoms with Crippen LogP contribution in [0.5, 0.6) is 5.75 Å². The Bertz CT molecular complexity index is 1890. The highest BCUT2D eigenvalue weighted by molar-refractivity contribution is 7.07. The maximum Gasteiger partial charge on any atom is 0.338 e. The van der Waals surface area contributed by atoms with Crippen LogP contribution >= 0.6 is 11.3 Å². The molecule has 0 bridgehead atoms. The second kappa shape index (κ2) is 12.7. The molecule has 1 aliphatic rings. The van der Waals surface area contributed by atoms with Crippen molar-refractivity contribution in [3.05, 3.63) is 109 Å². The Kier molecular flexibility index (Phi) is 8.77. The Morgan fingerprint density at radius 1 is 1.02 bits per heavy atom. The molecule has 2 aromatic heterocycles. The maximum absolute atomic E-state index is 14.0. The number of para-hydroxylation sites is 1. The second-order valence-electron chi connectivity index (χ2n) is 10.0. The fraction of sp³-hybridized carbons (Fsp3) is 0.273. The zero-order valence-corrected chi connectivity index (χ0v) is 25.4. The molecule has 0 saturated heterocycles. The van der Waals surface area contributed by atoms with Gasteiger partial charge in [0, 0.05) is 17.2 Å². The molecule has 1 atom stereocenters. The number of aromatic nitrogens is 1. The smallest absolute Gasteiger partial charge is 0.338 e. The van der Waals surface area contributed by atoms with E-state index in [4.69, 9.17) is 18.6 Å². The summed E-state index contributed by atoms with van der Waals surface area (Å²) in [6.45, 7) is 9.53. The lowest BCUT2D eigenvalue weighted by atomic mass is 9.95. The highest BCUT2D eigenvalue weighted by Gasteiger charge is 2.35. The number of allylic oxidation sites excluding steroid dienone is 1. The Balaban J connectivity index is 1.61. The second-order valence-corrected chi connectivity index (χ2v) is 11.0. The van der Waals surface area contributed by atoms with E-state index in [0.717, 1.165) is 0 Å². The van der Waals surface area contributed by atoms with Crippen molar-refractivity contribution >= 4 is 29.4 Å². The molecule has 43 heavy (non-hydrogen) atoms. The molecule has 0 saturated carbocycles. The van der Waals surface area contributed by atoms with E-state index in [1.807, 2.05) is 44.2 Å². The van der Waals surface area contributed by atoms with Gasteiger partial charge in [-0.05, 0) is 65.0 Å². The van der Waals surface area contributed by atoms with Crippen molar-refractivity contribution in [1.82, 2.24) is 4.57 Å². The molecule has 0 aliphatic carbocycles. The summed E-state index contributed by atoms with van der Waals surface area (Å²) in [6, 6.07) is 17.1. The summed E-state index contributed by atoms with van der Waals surface area (Å²) in [6.07, 6.45) is 1.53. The first-order valence-electron chi connectivity index (χ1n) is 14.0. The number of ether oxygens (including phenoxy) is 3. The maximum atomic E-state index is 14.0. The van der Waals surface area contributed by atoms with Crippen LogP contribution in [0.3, 0.4) is 0 Å². The van der Waals surface area contributed by atoms with Gasteiger partial charge in [-0.1, -0.05) is 41.7 Å². The van der Waals surface area contributed by atoms with Crippen LogP contribution in [-0.4, -0.2) is 35.8 Å². The number of carbonyl (C=O) groups excluding carboxylic acids is 2. The Labute approximate surface area is 252 Å². The zero-order chi connectivity index (χ0) is 30.7.